The summed E-state index contributed by atoms with van der Waals surface area (Å²) in [5, 5.41) is 4.83. The Morgan fingerprint density at radius 1 is 1.12 bits per heavy atom. The maximum atomic E-state index is 12.3. The van der Waals surface area contributed by atoms with Gasteiger partial charge in [0.2, 0.25) is 0 Å². The Kier molecular flexibility index (Phi) is 4.48. The van der Waals surface area contributed by atoms with E-state index in [-0.39, 0.29) is 5.91 Å². The van der Waals surface area contributed by atoms with Crippen molar-refractivity contribution in [3.8, 4) is 5.75 Å². The number of carbonyl (C=O) groups excluding carboxylic acids is 1. The Morgan fingerprint density at radius 3 is 2.84 bits per heavy atom. The smallest absolute Gasteiger partial charge is 0.265 e. The molecule has 126 valence electrons. The van der Waals surface area contributed by atoms with E-state index < -0.39 is 0 Å². The molecule has 0 aliphatic heterocycles. The van der Waals surface area contributed by atoms with Crippen LogP contribution in [0.4, 0.5) is 5.69 Å². The summed E-state index contributed by atoms with van der Waals surface area (Å²) in [7, 11) is 0. The Bertz CT molecular complexity index is 890. The standard InChI is InChI=1S/C20H18N2O2S/c23-20(22-17-6-8-21-9-7-17)19-10-14(13-25-19)12-24-18-5-4-15-2-1-3-16(15)11-18/h4-11,13H,1-3,12H2,(H,21,22,23). The molecule has 0 saturated heterocycles. The first kappa shape index (κ1) is 15.8. The summed E-state index contributed by atoms with van der Waals surface area (Å²) >= 11 is 1.42. The zero-order valence-corrected chi connectivity index (χ0v) is 14.5. The van der Waals surface area contributed by atoms with Crippen LogP contribution in [-0.4, -0.2) is 10.9 Å². The monoisotopic (exact) mass is 350 g/mol. The van der Waals surface area contributed by atoms with Crippen LogP contribution in [-0.2, 0) is 19.4 Å². The Balaban J connectivity index is 1.37. The van der Waals surface area contributed by atoms with Gasteiger partial charge in [0.1, 0.15) is 12.4 Å². The van der Waals surface area contributed by atoms with Crippen LogP contribution < -0.4 is 10.1 Å². The number of rotatable bonds is 5. The van der Waals surface area contributed by atoms with Gasteiger partial charge in [-0.2, -0.15) is 0 Å². The van der Waals surface area contributed by atoms with Crippen LogP contribution in [0, 0.1) is 0 Å². The highest BCUT2D eigenvalue weighted by Gasteiger charge is 2.12. The molecule has 1 aliphatic rings. The van der Waals surface area contributed by atoms with Crippen molar-refractivity contribution in [1.82, 2.24) is 4.98 Å². The lowest BCUT2D eigenvalue weighted by molar-refractivity contribution is 0.103. The normalized spacial score (nSPS) is 12.6. The van der Waals surface area contributed by atoms with Crippen LogP contribution in [0.3, 0.4) is 0 Å². The number of pyridine rings is 1. The Hall–Kier alpha value is -2.66. The fraction of sp³-hybridized carbons (Fsp3) is 0.200. The highest BCUT2D eigenvalue weighted by molar-refractivity contribution is 7.12. The van der Waals surface area contributed by atoms with Crippen LogP contribution in [0.1, 0.15) is 32.8 Å². The SMILES string of the molecule is O=C(Nc1ccncc1)c1cc(COc2ccc3c(c2)CCC3)cs1. The second-order valence-corrected chi connectivity index (χ2v) is 6.99. The number of thiophene rings is 1. The van der Waals surface area contributed by atoms with Gasteiger partial charge in [-0.05, 0) is 66.1 Å². The van der Waals surface area contributed by atoms with Crippen LogP contribution in [0.25, 0.3) is 0 Å². The molecule has 25 heavy (non-hydrogen) atoms. The van der Waals surface area contributed by atoms with Crippen molar-refractivity contribution in [2.45, 2.75) is 25.9 Å². The second kappa shape index (κ2) is 7.07. The molecule has 2 aromatic heterocycles. The molecule has 0 bridgehead atoms. The molecule has 1 aromatic carbocycles. The first-order valence-electron chi connectivity index (χ1n) is 8.31. The van der Waals surface area contributed by atoms with E-state index in [1.165, 1.54) is 35.3 Å². The van der Waals surface area contributed by atoms with Crippen LogP contribution in [0.5, 0.6) is 5.75 Å². The average molecular weight is 350 g/mol. The number of benzene rings is 1. The van der Waals surface area contributed by atoms with E-state index in [4.69, 9.17) is 4.74 Å². The number of amides is 1. The number of aryl methyl sites for hydroxylation is 2. The second-order valence-electron chi connectivity index (χ2n) is 6.08. The molecule has 4 nitrogen and oxygen atoms in total. The number of fused-ring (bicyclic) bond motifs is 1. The maximum absolute atomic E-state index is 12.3. The van der Waals surface area contributed by atoms with Gasteiger partial charge in [0.05, 0.1) is 4.88 Å². The lowest BCUT2D eigenvalue weighted by Gasteiger charge is -2.07. The van der Waals surface area contributed by atoms with Gasteiger partial charge in [0, 0.05) is 23.6 Å². The van der Waals surface area contributed by atoms with E-state index in [1.54, 1.807) is 24.5 Å². The minimum atomic E-state index is -0.111. The van der Waals surface area contributed by atoms with E-state index in [2.05, 4.69) is 22.4 Å². The molecule has 5 heteroatoms. The molecule has 0 unspecified atom stereocenters. The first-order chi connectivity index (χ1) is 12.3. The highest BCUT2D eigenvalue weighted by Crippen LogP contribution is 2.27. The van der Waals surface area contributed by atoms with Crippen LogP contribution >= 0.6 is 11.3 Å². The fourth-order valence-corrected chi connectivity index (χ4v) is 3.79. The van der Waals surface area contributed by atoms with E-state index >= 15 is 0 Å². The van der Waals surface area contributed by atoms with Gasteiger partial charge in [-0.1, -0.05) is 6.07 Å². The lowest BCUT2D eigenvalue weighted by atomic mass is 10.1. The van der Waals surface area contributed by atoms with Crippen molar-refractivity contribution in [2.24, 2.45) is 0 Å². The number of ether oxygens (including phenoxy) is 1. The van der Waals surface area contributed by atoms with Gasteiger partial charge in [0.25, 0.3) is 5.91 Å². The van der Waals surface area contributed by atoms with Gasteiger partial charge < -0.3 is 10.1 Å². The third kappa shape index (κ3) is 3.72. The molecule has 1 aliphatic carbocycles. The molecule has 0 fully saturated rings. The lowest BCUT2D eigenvalue weighted by Crippen LogP contribution is -2.10. The summed E-state index contributed by atoms with van der Waals surface area (Å²) in [6.07, 6.45) is 6.86. The van der Waals surface area contributed by atoms with Crippen molar-refractivity contribution >= 4 is 22.9 Å². The van der Waals surface area contributed by atoms with Gasteiger partial charge in [0.15, 0.2) is 0 Å². The summed E-state index contributed by atoms with van der Waals surface area (Å²) < 4.78 is 5.90. The van der Waals surface area contributed by atoms with Crippen molar-refractivity contribution in [3.05, 3.63) is 75.7 Å². The van der Waals surface area contributed by atoms with Gasteiger partial charge in [-0.3, -0.25) is 9.78 Å². The summed E-state index contributed by atoms with van der Waals surface area (Å²) in [5.41, 5.74) is 4.59. The van der Waals surface area contributed by atoms with Crippen molar-refractivity contribution in [3.63, 3.8) is 0 Å². The third-order valence-electron chi connectivity index (χ3n) is 4.29. The molecule has 0 atom stereocenters. The molecule has 3 aromatic rings. The molecule has 0 radical (unpaired) electrons. The van der Waals surface area contributed by atoms with Gasteiger partial charge >= 0.3 is 0 Å². The molecule has 0 saturated carbocycles. The summed E-state index contributed by atoms with van der Waals surface area (Å²) in [6.45, 7) is 0.470. The molecule has 0 spiro atoms. The molecule has 1 amide bonds. The van der Waals surface area contributed by atoms with Crippen molar-refractivity contribution in [2.75, 3.05) is 5.32 Å². The molecule has 2 heterocycles. The predicted molar refractivity (Wildman–Crippen MR) is 99.3 cm³/mol. The topological polar surface area (TPSA) is 51.2 Å². The van der Waals surface area contributed by atoms with Crippen molar-refractivity contribution < 1.29 is 9.53 Å². The van der Waals surface area contributed by atoms with Crippen LogP contribution in [0.15, 0.2) is 54.2 Å². The maximum Gasteiger partial charge on any atom is 0.265 e. The molecular formula is C20H18N2O2S. The van der Waals surface area contributed by atoms with Crippen LogP contribution in [0.2, 0.25) is 0 Å². The Morgan fingerprint density at radius 2 is 1.96 bits per heavy atom. The summed E-state index contributed by atoms with van der Waals surface area (Å²) in [5.74, 6) is 0.787. The predicted octanol–water partition coefficient (Wildman–Crippen LogP) is 4.46. The number of carbonyl (C=O) groups is 1. The number of hydrogen-bond acceptors (Lipinski definition) is 4. The molecule has 4 rings (SSSR count). The van der Waals surface area contributed by atoms with Crippen molar-refractivity contribution in [1.29, 1.82) is 0 Å². The zero-order chi connectivity index (χ0) is 17.1. The number of nitrogens with zero attached hydrogens (tertiary/aromatic N) is 1. The van der Waals surface area contributed by atoms with E-state index in [9.17, 15) is 4.79 Å². The number of aromatic nitrogens is 1. The fourth-order valence-electron chi connectivity index (χ4n) is 3.00. The summed E-state index contributed by atoms with van der Waals surface area (Å²) in [4.78, 5) is 16.9. The Labute approximate surface area is 150 Å². The first-order valence-corrected chi connectivity index (χ1v) is 9.19. The zero-order valence-electron chi connectivity index (χ0n) is 13.7. The number of nitrogens with one attached hydrogen (secondary N) is 1. The minimum absolute atomic E-state index is 0.111. The van der Waals surface area contributed by atoms with E-state index in [1.807, 2.05) is 17.5 Å². The van der Waals surface area contributed by atoms with Gasteiger partial charge in [-0.15, -0.1) is 11.3 Å². The highest BCUT2D eigenvalue weighted by atomic mass is 32.1. The largest absolute Gasteiger partial charge is 0.489 e. The van der Waals surface area contributed by atoms with Gasteiger partial charge in [-0.25, -0.2) is 0 Å². The number of hydrogen-bond donors (Lipinski definition) is 1. The molecule has 1 N–H and O–H groups in total. The molecular weight excluding hydrogens is 332 g/mol. The average Bonchev–Trinajstić information content (AvgIpc) is 3.29. The van der Waals surface area contributed by atoms with E-state index in [0.29, 0.717) is 11.5 Å². The summed E-state index contributed by atoms with van der Waals surface area (Å²) in [6, 6.07) is 11.8. The third-order valence-corrected chi connectivity index (χ3v) is 5.27. The quantitative estimate of drug-likeness (QED) is 0.739. The van der Waals surface area contributed by atoms with E-state index in [0.717, 1.165) is 23.4 Å². The minimum Gasteiger partial charge on any atom is -0.489 e. The number of anilines is 1.